The van der Waals surface area contributed by atoms with Crippen molar-refractivity contribution in [2.24, 2.45) is 5.92 Å². The van der Waals surface area contributed by atoms with E-state index in [1.54, 1.807) is 19.1 Å². The van der Waals surface area contributed by atoms with Crippen molar-refractivity contribution in [3.8, 4) is 5.75 Å². The fourth-order valence-corrected chi connectivity index (χ4v) is 9.06. The van der Waals surface area contributed by atoms with E-state index >= 15 is 0 Å². The fourth-order valence-electron chi connectivity index (χ4n) is 4.23. The number of carbonyl (C=O) groups excluding carboxylic acids is 1. The van der Waals surface area contributed by atoms with Gasteiger partial charge in [0.25, 0.3) is 0 Å². The van der Waals surface area contributed by atoms with Crippen molar-refractivity contribution in [2.75, 3.05) is 37.8 Å². The van der Waals surface area contributed by atoms with Crippen molar-refractivity contribution in [2.45, 2.75) is 42.9 Å². The Morgan fingerprint density at radius 1 is 1.07 bits per heavy atom. The summed E-state index contributed by atoms with van der Waals surface area (Å²) in [5, 5.41) is -1.03. The number of hydrogen-bond acceptors (Lipinski definition) is 8. The van der Waals surface area contributed by atoms with Crippen LogP contribution >= 0.6 is 0 Å². The lowest BCUT2D eigenvalue weighted by Gasteiger charge is -2.36. The molecule has 2 aliphatic heterocycles. The van der Waals surface area contributed by atoms with Crippen molar-refractivity contribution < 1.29 is 31.1 Å². The Balaban J connectivity index is 1.78. The van der Waals surface area contributed by atoms with Gasteiger partial charge in [-0.1, -0.05) is 0 Å². The van der Waals surface area contributed by atoms with Gasteiger partial charge in [0.05, 0.1) is 40.8 Å². The summed E-state index contributed by atoms with van der Waals surface area (Å²) in [6.07, 6.45) is 1.07. The van der Waals surface area contributed by atoms with Crippen molar-refractivity contribution >= 4 is 25.6 Å². The van der Waals surface area contributed by atoms with Gasteiger partial charge >= 0.3 is 5.97 Å². The average molecular weight is 460 g/mol. The lowest BCUT2D eigenvalue weighted by Crippen LogP contribution is -2.50. The number of sulfone groups is 2. The second-order valence-corrected chi connectivity index (χ2v) is 12.0. The summed E-state index contributed by atoms with van der Waals surface area (Å²) in [5.74, 6) is -0.466. The number of carbonyl (C=O) groups is 1. The molecule has 2 fully saturated rings. The molecule has 0 aliphatic carbocycles. The molecule has 2 aliphatic rings. The standard InChI is InChI=1S/C20H29NO7S2/c1-3-27-16-5-7-17(8-6-16)30(25,26)19-14-29(23,24)13-18(19)21-11-9-15(10-12-21)20(22)28-4-2/h5-8,15,18-19H,3-4,9-14H2,1-2H3/t18-,19-/m0/s1. The summed E-state index contributed by atoms with van der Waals surface area (Å²) in [4.78, 5) is 14.0. The minimum atomic E-state index is -3.85. The summed E-state index contributed by atoms with van der Waals surface area (Å²) < 4.78 is 61.8. The van der Waals surface area contributed by atoms with E-state index in [9.17, 15) is 21.6 Å². The molecule has 2 heterocycles. The van der Waals surface area contributed by atoms with Gasteiger partial charge in [-0.2, -0.15) is 0 Å². The van der Waals surface area contributed by atoms with E-state index in [4.69, 9.17) is 9.47 Å². The zero-order chi connectivity index (χ0) is 21.9. The predicted molar refractivity (Wildman–Crippen MR) is 112 cm³/mol. The number of nitrogens with zero attached hydrogens (tertiary/aromatic N) is 1. The second kappa shape index (κ2) is 9.23. The highest BCUT2D eigenvalue weighted by atomic mass is 32.2. The van der Waals surface area contributed by atoms with Crippen molar-refractivity contribution in [3.05, 3.63) is 24.3 Å². The van der Waals surface area contributed by atoms with Gasteiger partial charge in [-0.15, -0.1) is 0 Å². The Morgan fingerprint density at radius 2 is 1.70 bits per heavy atom. The van der Waals surface area contributed by atoms with Gasteiger partial charge in [-0.05, 0) is 64.0 Å². The molecule has 1 aromatic rings. The van der Waals surface area contributed by atoms with Crippen LogP contribution in [0, 0.1) is 5.92 Å². The molecule has 168 valence electrons. The fraction of sp³-hybridized carbons (Fsp3) is 0.650. The smallest absolute Gasteiger partial charge is 0.309 e. The maximum atomic E-state index is 13.3. The summed E-state index contributed by atoms with van der Waals surface area (Å²) in [6, 6.07) is 5.49. The lowest BCUT2D eigenvalue weighted by atomic mass is 9.95. The monoisotopic (exact) mass is 459 g/mol. The lowest BCUT2D eigenvalue weighted by molar-refractivity contribution is -0.149. The Hall–Kier alpha value is -1.65. The zero-order valence-corrected chi connectivity index (χ0v) is 19.0. The van der Waals surface area contributed by atoms with Crippen LogP contribution in [0.4, 0.5) is 0 Å². The van der Waals surface area contributed by atoms with E-state index < -0.39 is 31.0 Å². The molecule has 3 rings (SSSR count). The molecule has 0 spiro atoms. The van der Waals surface area contributed by atoms with Gasteiger partial charge in [0, 0.05) is 6.04 Å². The van der Waals surface area contributed by atoms with Gasteiger partial charge < -0.3 is 9.47 Å². The molecule has 0 radical (unpaired) electrons. The molecule has 8 nitrogen and oxygen atoms in total. The summed E-state index contributed by atoms with van der Waals surface area (Å²) >= 11 is 0. The molecule has 0 unspecified atom stereocenters. The molecule has 10 heteroatoms. The molecular weight excluding hydrogens is 430 g/mol. The molecule has 0 bridgehead atoms. The molecule has 0 aromatic heterocycles. The van der Waals surface area contributed by atoms with E-state index in [0.717, 1.165) is 0 Å². The molecule has 2 atom stereocenters. The summed E-state index contributed by atoms with van der Waals surface area (Å²) in [7, 11) is -7.32. The normalized spacial score (nSPS) is 25.1. The van der Waals surface area contributed by atoms with E-state index in [1.165, 1.54) is 12.1 Å². The molecular formula is C20H29NO7S2. The van der Waals surface area contributed by atoms with Crippen LogP contribution in [0.15, 0.2) is 29.2 Å². The SMILES string of the molecule is CCOC(=O)C1CCN([C@H]2CS(=O)(=O)C[C@@H]2S(=O)(=O)c2ccc(OCC)cc2)CC1. The highest BCUT2D eigenvalue weighted by Gasteiger charge is 2.49. The van der Waals surface area contributed by atoms with Crippen LogP contribution in [0.25, 0.3) is 0 Å². The number of hydrogen-bond donors (Lipinski definition) is 0. The topological polar surface area (TPSA) is 107 Å². The highest BCUT2D eigenvalue weighted by molar-refractivity contribution is 7.96. The maximum Gasteiger partial charge on any atom is 0.309 e. The molecule has 0 amide bonds. The molecule has 1 aromatic carbocycles. The van der Waals surface area contributed by atoms with Crippen LogP contribution in [-0.4, -0.2) is 76.8 Å². The second-order valence-electron chi connectivity index (χ2n) is 7.69. The third-order valence-electron chi connectivity index (χ3n) is 5.75. The number of esters is 1. The van der Waals surface area contributed by atoms with E-state index in [0.29, 0.717) is 44.9 Å². The van der Waals surface area contributed by atoms with Crippen LogP contribution in [0.5, 0.6) is 5.75 Å². The molecule has 30 heavy (non-hydrogen) atoms. The highest BCUT2D eigenvalue weighted by Crippen LogP contribution is 2.32. The first kappa shape index (κ1) is 23.0. The molecule has 0 saturated carbocycles. The predicted octanol–water partition coefficient (Wildman–Crippen LogP) is 1.30. The first-order chi connectivity index (χ1) is 14.2. The summed E-state index contributed by atoms with van der Waals surface area (Å²) in [5.41, 5.74) is 0. The largest absolute Gasteiger partial charge is 0.494 e. The van der Waals surface area contributed by atoms with Crippen LogP contribution in [0.3, 0.4) is 0 Å². The van der Waals surface area contributed by atoms with Gasteiger partial charge in [0.2, 0.25) is 0 Å². The number of ether oxygens (including phenoxy) is 2. The van der Waals surface area contributed by atoms with Crippen molar-refractivity contribution in [3.63, 3.8) is 0 Å². The van der Waals surface area contributed by atoms with E-state index in [2.05, 4.69) is 0 Å². The van der Waals surface area contributed by atoms with Gasteiger partial charge in [0.1, 0.15) is 5.75 Å². The van der Waals surface area contributed by atoms with Crippen LogP contribution in [-0.2, 0) is 29.2 Å². The molecule has 2 saturated heterocycles. The van der Waals surface area contributed by atoms with Gasteiger partial charge in [0.15, 0.2) is 19.7 Å². The first-order valence-corrected chi connectivity index (χ1v) is 13.6. The van der Waals surface area contributed by atoms with Crippen molar-refractivity contribution in [1.29, 1.82) is 0 Å². The third kappa shape index (κ3) is 4.97. The summed E-state index contributed by atoms with van der Waals surface area (Å²) in [6.45, 7) is 5.33. The van der Waals surface area contributed by atoms with Crippen molar-refractivity contribution in [1.82, 2.24) is 4.90 Å². The van der Waals surface area contributed by atoms with Crippen LogP contribution in [0.2, 0.25) is 0 Å². The third-order valence-corrected chi connectivity index (χ3v) is 9.89. The Morgan fingerprint density at radius 3 is 2.27 bits per heavy atom. The number of benzene rings is 1. The van der Waals surface area contributed by atoms with Crippen LogP contribution < -0.4 is 4.74 Å². The zero-order valence-electron chi connectivity index (χ0n) is 17.3. The first-order valence-electron chi connectivity index (χ1n) is 10.3. The maximum absolute atomic E-state index is 13.3. The average Bonchev–Trinajstić information content (AvgIpc) is 3.05. The Labute approximate surface area is 178 Å². The minimum absolute atomic E-state index is 0.0967. The number of piperidine rings is 1. The minimum Gasteiger partial charge on any atom is -0.494 e. The Bertz CT molecular complexity index is 949. The van der Waals surface area contributed by atoms with E-state index in [1.807, 2.05) is 11.8 Å². The number of rotatable bonds is 7. The van der Waals surface area contributed by atoms with Gasteiger partial charge in [-0.25, -0.2) is 16.8 Å². The number of likely N-dealkylation sites (tertiary alicyclic amines) is 1. The van der Waals surface area contributed by atoms with Gasteiger partial charge in [-0.3, -0.25) is 9.69 Å². The Kier molecular flexibility index (Phi) is 7.09. The van der Waals surface area contributed by atoms with E-state index in [-0.39, 0.29) is 28.3 Å². The van der Waals surface area contributed by atoms with Crippen LogP contribution in [0.1, 0.15) is 26.7 Å². The molecule has 0 N–H and O–H groups in total. The quantitative estimate of drug-likeness (QED) is 0.562.